The van der Waals surface area contributed by atoms with Gasteiger partial charge in [0.2, 0.25) is 5.91 Å². The first-order valence-corrected chi connectivity index (χ1v) is 12.1. The molecule has 0 radical (unpaired) electrons. The Hall–Kier alpha value is -3.32. The number of aliphatic carboxylic acids is 1. The first-order valence-electron chi connectivity index (χ1n) is 10.5. The van der Waals surface area contributed by atoms with Crippen LogP contribution in [-0.4, -0.2) is 58.7 Å². The molecule has 2 aromatic carbocycles. The summed E-state index contributed by atoms with van der Waals surface area (Å²) in [6.45, 7) is 0.955. The lowest BCUT2D eigenvalue weighted by atomic mass is 10.0. The normalized spacial score (nSPS) is 13.7. The van der Waals surface area contributed by atoms with Crippen molar-refractivity contribution < 1.29 is 29.7 Å². The number of carbonyl (C=O) groups is 3. The molecular weight excluding hydrogens is 590 g/mol. The van der Waals surface area contributed by atoms with Crippen LogP contribution in [-0.2, 0) is 9.59 Å². The van der Waals surface area contributed by atoms with Crippen LogP contribution in [0.2, 0.25) is 0 Å². The van der Waals surface area contributed by atoms with E-state index in [-0.39, 0.29) is 22.6 Å². The van der Waals surface area contributed by atoms with Gasteiger partial charge in [0.05, 0.1) is 23.5 Å². The molecule has 0 aliphatic carbocycles. The zero-order valence-corrected chi connectivity index (χ0v) is 21.4. The van der Waals surface area contributed by atoms with Crippen LogP contribution >= 0.6 is 31.9 Å². The van der Waals surface area contributed by atoms with Crippen LogP contribution in [0.1, 0.15) is 34.8 Å². The molecule has 0 spiro atoms. The quantitative estimate of drug-likeness (QED) is 0.238. The predicted octanol–water partition coefficient (Wildman–Crippen LogP) is 2.45. The lowest BCUT2D eigenvalue weighted by molar-refractivity contribution is -0.137. The molecule has 2 aromatic rings. The first-order chi connectivity index (χ1) is 16.6. The van der Waals surface area contributed by atoms with Gasteiger partial charge >= 0.3 is 5.97 Å². The van der Waals surface area contributed by atoms with Crippen molar-refractivity contribution in [3.05, 3.63) is 50.4 Å². The molecule has 11 nitrogen and oxygen atoms in total. The number of benzene rings is 2. The van der Waals surface area contributed by atoms with E-state index in [0.717, 1.165) is 13.0 Å². The number of hydrogen-bond acceptors (Lipinski definition) is 8. The Morgan fingerprint density at radius 3 is 2.57 bits per heavy atom. The van der Waals surface area contributed by atoms with Crippen LogP contribution in [0, 0.1) is 0 Å². The summed E-state index contributed by atoms with van der Waals surface area (Å²) < 4.78 is 0.889. The van der Waals surface area contributed by atoms with Gasteiger partial charge in [-0.3, -0.25) is 19.4 Å². The molecule has 1 atom stereocenters. The summed E-state index contributed by atoms with van der Waals surface area (Å²) in [5, 5.41) is 40.6. The van der Waals surface area contributed by atoms with Crippen molar-refractivity contribution in [3.8, 4) is 11.5 Å². The first kappa shape index (κ1) is 26.3. The van der Waals surface area contributed by atoms with E-state index in [2.05, 4.69) is 58.1 Å². The van der Waals surface area contributed by atoms with Crippen LogP contribution in [0.25, 0.3) is 0 Å². The number of aromatic hydroxyl groups is 2. The maximum absolute atomic E-state index is 12.6. The van der Waals surface area contributed by atoms with Crippen molar-refractivity contribution in [1.29, 1.82) is 0 Å². The number of phenolic OH excluding ortho intramolecular Hbond substituents is 2. The van der Waals surface area contributed by atoms with Crippen LogP contribution in [0.4, 0.5) is 5.69 Å². The minimum absolute atomic E-state index is 0.104. The van der Waals surface area contributed by atoms with Crippen molar-refractivity contribution in [2.45, 2.75) is 18.9 Å². The van der Waals surface area contributed by atoms with Crippen LogP contribution in [0.3, 0.4) is 0 Å². The second kappa shape index (κ2) is 11.9. The fourth-order valence-electron chi connectivity index (χ4n) is 3.34. The molecule has 0 aromatic heterocycles. The number of aliphatic imine (C=N–C) groups is 1. The van der Waals surface area contributed by atoms with Crippen molar-refractivity contribution in [2.24, 2.45) is 4.99 Å². The van der Waals surface area contributed by atoms with Gasteiger partial charge < -0.3 is 36.6 Å². The van der Waals surface area contributed by atoms with Crippen molar-refractivity contribution >= 4 is 61.3 Å². The van der Waals surface area contributed by atoms with Gasteiger partial charge in [-0.25, -0.2) is 0 Å². The van der Waals surface area contributed by atoms with E-state index in [0.29, 0.717) is 27.1 Å². The van der Waals surface area contributed by atoms with Crippen LogP contribution in [0.15, 0.2) is 44.3 Å². The fraction of sp³-hybridized carbons (Fsp3) is 0.273. The highest BCUT2D eigenvalue weighted by Crippen LogP contribution is 2.36. The summed E-state index contributed by atoms with van der Waals surface area (Å²) in [5.74, 6) is -2.31. The lowest BCUT2D eigenvalue weighted by Gasteiger charge is -2.20. The van der Waals surface area contributed by atoms with Gasteiger partial charge in [0.1, 0.15) is 11.5 Å². The average molecular weight is 613 g/mol. The predicted molar refractivity (Wildman–Crippen MR) is 136 cm³/mol. The SMILES string of the molecule is O=C(O)C[C@H](NC(=O)CNC(=O)c1cc(O)cc(NC2=NCCCN2)c1)c1cc(Br)cc(Br)c1O. The summed E-state index contributed by atoms with van der Waals surface area (Å²) in [6.07, 6.45) is 0.419. The number of anilines is 1. The molecule has 0 saturated carbocycles. The van der Waals surface area contributed by atoms with Gasteiger partial charge in [0.25, 0.3) is 5.91 Å². The molecule has 0 bridgehead atoms. The van der Waals surface area contributed by atoms with Gasteiger partial charge in [0, 0.05) is 40.4 Å². The monoisotopic (exact) mass is 611 g/mol. The van der Waals surface area contributed by atoms with E-state index >= 15 is 0 Å². The molecule has 0 unspecified atom stereocenters. The summed E-state index contributed by atoms with van der Waals surface area (Å²) in [6, 6.07) is 6.20. The van der Waals surface area contributed by atoms with Gasteiger partial charge in [0.15, 0.2) is 5.96 Å². The van der Waals surface area contributed by atoms with E-state index in [1.54, 1.807) is 6.07 Å². The van der Waals surface area contributed by atoms with Gasteiger partial charge in [-0.2, -0.15) is 0 Å². The Morgan fingerprint density at radius 2 is 1.89 bits per heavy atom. The van der Waals surface area contributed by atoms with Crippen molar-refractivity contribution in [1.82, 2.24) is 16.0 Å². The smallest absolute Gasteiger partial charge is 0.305 e. The number of hydrogen-bond donors (Lipinski definition) is 7. The molecule has 35 heavy (non-hydrogen) atoms. The maximum atomic E-state index is 12.6. The highest BCUT2D eigenvalue weighted by Gasteiger charge is 2.23. The molecule has 186 valence electrons. The third-order valence-corrected chi connectivity index (χ3v) is 5.96. The fourth-order valence-corrected chi connectivity index (χ4v) is 4.60. The topological polar surface area (TPSA) is 172 Å². The lowest BCUT2D eigenvalue weighted by Crippen LogP contribution is -2.39. The van der Waals surface area contributed by atoms with E-state index in [1.807, 2.05) is 0 Å². The average Bonchev–Trinajstić information content (AvgIpc) is 2.79. The van der Waals surface area contributed by atoms with Crippen LogP contribution < -0.4 is 21.3 Å². The highest BCUT2D eigenvalue weighted by molar-refractivity contribution is 9.11. The molecule has 1 heterocycles. The number of halogens is 2. The zero-order valence-electron chi connectivity index (χ0n) is 18.3. The number of nitrogens with one attached hydrogen (secondary N) is 4. The molecule has 13 heteroatoms. The third kappa shape index (κ3) is 7.59. The number of phenols is 2. The van der Waals surface area contributed by atoms with Crippen LogP contribution in [0.5, 0.6) is 11.5 Å². The molecule has 3 rings (SSSR count). The number of nitrogens with zero attached hydrogens (tertiary/aromatic N) is 1. The standard InChI is InChI=1S/C22H23Br2N5O6/c23-12-6-15(20(34)16(24)7-12)17(9-19(32)33)29-18(31)10-27-21(35)11-4-13(8-14(30)5-11)28-22-25-2-1-3-26-22/h4-8,17,30,34H,1-3,9-10H2,(H,27,35)(H,29,31)(H,32,33)(H2,25,26,28)/t17-/m0/s1. The van der Waals surface area contributed by atoms with Gasteiger partial charge in [-0.05, 0) is 46.6 Å². The highest BCUT2D eigenvalue weighted by atomic mass is 79.9. The Labute approximate surface area is 217 Å². The molecule has 1 aliphatic heterocycles. The number of amides is 2. The largest absolute Gasteiger partial charge is 0.508 e. The minimum atomic E-state index is -1.19. The summed E-state index contributed by atoms with van der Waals surface area (Å²) in [5.41, 5.74) is 0.730. The molecule has 0 saturated heterocycles. The molecular formula is C22H23Br2N5O6. The molecule has 7 N–H and O–H groups in total. The zero-order chi connectivity index (χ0) is 25.5. The second-order valence-corrected chi connectivity index (χ2v) is 9.40. The molecule has 2 amide bonds. The van der Waals surface area contributed by atoms with E-state index in [4.69, 9.17) is 0 Å². The third-order valence-electron chi connectivity index (χ3n) is 4.90. The van der Waals surface area contributed by atoms with E-state index in [1.165, 1.54) is 24.3 Å². The minimum Gasteiger partial charge on any atom is -0.508 e. The summed E-state index contributed by atoms with van der Waals surface area (Å²) in [7, 11) is 0. The van der Waals surface area contributed by atoms with Gasteiger partial charge in [-0.1, -0.05) is 15.9 Å². The molecule has 1 aliphatic rings. The van der Waals surface area contributed by atoms with E-state index < -0.39 is 36.8 Å². The Morgan fingerprint density at radius 1 is 1.11 bits per heavy atom. The number of guanidine groups is 1. The van der Waals surface area contributed by atoms with E-state index in [9.17, 15) is 29.7 Å². The number of carbonyl (C=O) groups excluding carboxylic acids is 2. The Kier molecular flexibility index (Phi) is 8.93. The second-order valence-electron chi connectivity index (χ2n) is 7.63. The number of rotatable bonds is 8. The maximum Gasteiger partial charge on any atom is 0.305 e. The summed E-state index contributed by atoms with van der Waals surface area (Å²) in [4.78, 5) is 40.7. The number of carboxylic acids is 1. The Balaban J connectivity index is 1.66. The number of carboxylic acid groups (broad SMARTS) is 1. The molecule has 0 fully saturated rings. The van der Waals surface area contributed by atoms with Gasteiger partial charge in [-0.15, -0.1) is 0 Å². The Bertz CT molecular complexity index is 1170. The summed E-state index contributed by atoms with van der Waals surface area (Å²) >= 11 is 6.45. The van der Waals surface area contributed by atoms with Crippen molar-refractivity contribution in [2.75, 3.05) is 25.0 Å². The van der Waals surface area contributed by atoms with Crippen molar-refractivity contribution in [3.63, 3.8) is 0 Å².